The molecule has 2 heterocycles. The van der Waals surface area contributed by atoms with E-state index in [1.165, 1.54) is 0 Å². The molecule has 0 aromatic rings. The molecular formula is C14H24N2O3. The van der Waals surface area contributed by atoms with Crippen molar-refractivity contribution in [2.75, 3.05) is 19.6 Å². The molecule has 0 saturated carbocycles. The minimum atomic E-state index is -0.478. The van der Waals surface area contributed by atoms with Gasteiger partial charge in [-0.15, -0.1) is 0 Å². The van der Waals surface area contributed by atoms with Crippen LogP contribution in [0.25, 0.3) is 0 Å². The van der Waals surface area contributed by atoms with Crippen molar-refractivity contribution in [3.8, 4) is 0 Å². The van der Waals surface area contributed by atoms with Gasteiger partial charge in [-0.05, 0) is 32.6 Å². The van der Waals surface area contributed by atoms with E-state index in [4.69, 9.17) is 4.74 Å². The molecule has 2 atom stereocenters. The monoisotopic (exact) mass is 268 g/mol. The second-order valence-electron chi connectivity index (χ2n) is 7.18. The van der Waals surface area contributed by atoms with Gasteiger partial charge in [0.15, 0.2) is 0 Å². The fraction of sp³-hybridized carbons (Fsp3) is 0.857. The highest BCUT2D eigenvalue weighted by atomic mass is 16.6. The van der Waals surface area contributed by atoms with Gasteiger partial charge in [-0.1, -0.05) is 13.8 Å². The highest BCUT2D eigenvalue weighted by molar-refractivity contribution is 5.83. The second-order valence-corrected chi connectivity index (χ2v) is 7.18. The van der Waals surface area contributed by atoms with Crippen LogP contribution in [0.5, 0.6) is 0 Å². The summed E-state index contributed by atoms with van der Waals surface area (Å²) < 4.78 is 5.40. The molecule has 0 bridgehead atoms. The molecule has 0 aromatic heterocycles. The largest absolute Gasteiger partial charge is 0.444 e. The van der Waals surface area contributed by atoms with Crippen LogP contribution in [-0.2, 0) is 9.53 Å². The number of fused-ring (bicyclic) bond motifs is 1. The van der Waals surface area contributed by atoms with Crippen LogP contribution in [0, 0.1) is 17.3 Å². The van der Waals surface area contributed by atoms with Crippen molar-refractivity contribution in [1.82, 2.24) is 10.2 Å². The van der Waals surface area contributed by atoms with Crippen molar-refractivity contribution in [3.63, 3.8) is 0 Å². The maximum atomic E-state index is 12.1. The third-order valence-electron chi connectivity index (χ3n) is 4.13. The van der Waals surface area contributed by atoms with Crippen molar-refractivity contribution in [1.29, 1.82) is 0 Å². The molecule has 0 aliphatic carbocycles. The lowest BCUT2D eigenvalue weighted by Crippen LogP contribution is -2.52. The SMILES string of the molecule is CC(C)(C)OC(=O)N1CC2CNC(=O)C(C)(C)C2C1. The van der Waals surface area contributed by atoms with Crippen LogP contribution in [0.3, 0.4) is 0 Å². The number of ether oxygens (including phenoxy) is 1. The lowest BCUT2D eigenvalue weighted by atomic mass is 9.70. The van der Waals surface area contributed by atoms with Crippen molar-refractivity contribution in [2.24, 2.45) is 17.3 Å². The Bertz CT molecular complexity index is 398. The number of likely N-dealkylation sites (tertiary alicyclic amines) is 1. The molecule has 1 N–H and O–H groups in total. The van der Waals surface area contributed by atoms with Crippen molar-refractivity contribution in [3.05, 3.63) is 0 Å². The van der Waals surface area contributed by atoms with E-state index in [1.807, 2.05) is 34.6 Å². The van der Waals surface area contributed by atoms with E-state index in [9.17, 15) is 9.59 Å². The molecule has 0 aromatic carbocycles. The molecule has 2 fully saturated rings. The molecule has 5 nitrogen and oxygen atoms in total. The summed E-state index contributed by atoms with van der Waals surface area (Å²) in [6.07, 6.45) is -0.273. The van der Waals surface area contributed by atoms with Gasteiger partial charge in [0.25, 0.3) is 0 Å². The highest BCUT2D eigenvalue weighted by Gasteiger charge is 2.50. The molecule has 2 unspecified atom stereocenters. The van der Waals surface area contributed by atoms with Gasteiger partial charge < -0.3 is 15.0 Å². The van der Waals surface area contributed by atoms with Crippen LogP contribution in [0.4, 0.5) is 4.79 Å². The minimum absolute atomic E-state index is 0.0831. The van der Waals surface area contributed by atoms with Crippen LogP contribution < -0.4 is 5.32 Å². The molecule has 108 valence electrons. The van der Waals surface area contributed by atoms with Crippen LogP contribution >= 0.6 is 0 Å². The Kier molecular flexibility index (Phi) is 3.27. The molecule has 0 spiro atoms. The van der Waals surface area contributed by atoms with Crippen molar-refractivity contribution >= 4 is 12.0 Å². The minimum Gasteiger partial charge on any atom is -0.444 e. The van der Waals surface area contributed by atoms with Crippen LogP contribution in [0.15, 0.2) is 0 Å². The van der Waals surface area contributed by atoms with Gasteiger partial charge in [0, 0.05) is 25.0 Å². The number of piperidine rings is 1. The van der Waals surface area contributed by atoms with E-state index in [0.717, 1.165) is 0 Å². The van der Waals surface area contributed by atoms with Crippen molar-refractivity contribution < 1.29 is 14.3 Å². The first kappa shape index (κ1) is 14.2. The van der Waals surface area contributed by atoms with Gasteiger partial charge >= 0.3 is 6.09 Å². The Balaban J connectivity index is 2.07. The highest BCUT2D eigenvalue weighted by Crippen LogP contribution is 2.41. The molecule has 19 heavy (non-hydrogen) atoms. The summed E-state index contributed by atoms with van der Waals surface area (Å²) in [6.45, 7) is 11.4. The van der Waals surface area contributed by atoms with Crippen LogP contribution in [-0.4, -0.2) is 42.1 Å². The molecule has 2 aliphatic rings. The fourth-order valence-corrected chi connectivity index (χ4v) is 2.99. The summed E-state index contributed by atoms with van der Waals surface area (Å²) in [5, 5.41) is 2.93. The van der Waals surface area contributed by atoms with Gasteiger partial charge in [-0.25, -0.2) is 4.79 Å². The van der Waals surface area contributed by atoms with Gasteiger partial charge in [-0.3, -0.25) is 4.79 Å². The van der Waals surface area contributed by atoms with E-state index >= 15 is 0 Å². The van der Waals surface area contributed by atoms with E-state index in [2.05, 4.69) is 5.32 Å². The maximum Gasteiger partial charge on any atom is 0.410 e. The molecule has 2 aliphatic heterocycles. The first-order valence-corrected chi connectivity index (χ1v) is 6.87. The number of hydrogen-bond acceptors (Lipinski definition) is 3. The fourth-order valence-electron chi connectivity index (χ4n) is 2.99. The van der Waals surface area contributed by atoms with Gasteiger partial charge in [0.1, 0.15) is 5.60 Å². The standard InChI is InChI=1S/C14H24N2O3/c1-13(2,3)19-12(18)16-7-9-6-15-11(17)14(4,5)10(9)8-16/h9-10H,6-8H2,1-5H3,(H,15,17). The van der Waals surface area contributed by atoms with Gasteiger partial charge in [0.2, 0.25) is 5.91 Å². The number of amides is 2. The molecule has 5 heteroatoms. The Morgan fingerprint density at radius 3 is 2.58 bits per heavy atom. The predicted molar refractivity (Wildman–Crippen MR) is 71.6 cm³/mol. The van der Waals surface area contributed by atoms with Crippen molar-refractivity contribution in [2.45, 2.75) is 40.2 Å². The van der Waals surface area contributed by atoms with Crippen LogP contribution in [0.1, 0.15) is 34.6 Å². The van der Waals surface area contributed by atoms with E-state index in [1.54, 1.807) is 4.90 Å². The molecule has 2 amide bonds. The molecule has 0 radical (unpaired) electrons. The maximum absolute atomic E-state index is 12.1. The number of hydrogen-bond donors (Lipinski definition) is 1. The Hall–Kier alpha value is -1.26. The number of carbonyl (C=O) groups excluding carboxylic acids is 2. The number of nitrogens with one attached hydrogen (secondary N) is 1. The first-order chi connectivity index (χ1) is 8.61. The Labute approximate surface area is 114 Å². The second kappa shape index (κ2) is 4.39. The average Bonchev–Trinajstić information content (AvgIpc) is 2.67. The summed E-state index contributed by atoms with van der Waals surface area (Å²) in [5.74, 6) is 0.633. The average molecular weight is 268 g/mol. The summed E-state index contributed by atoms with van der Waals surface area (Å²) >= 11 is 0. The lowest BCUT2D eigenvalue weighted by Gasteiger charge is -2.38. The normalized spacial score (nSPS) is 29.7. The molecule has 2 rings (SSSR count). The summed E-state index contributed by atoms with van der Waals surface area (Å²) in [5.41, 5.74) is -0.895. The van der Waals surface area contributed by atoms with Gasteiger partial charge in [0.05, 0.1) is 0 Å². The summed E-state index contributed by atoms with van der Waals surface area (Å²) in [7, 11) is 0. The topological polar surface area (TPSA) is 58.6 Å². The molecule has 2 saturated heterocycles. The lowest BCUT2D eigenvalue weighted by molar-refractivity contribution is -0.136. The van der Waals surface area contributed by atoms with E-state index < -0.39 is 11.0 Å². The number of carbonyl (C=O) groups is 2. The first-order valence-electron chi connectivity index (χ1n) is 6.87. The smallest absolute Gasteiger partial charge is 0.410 e. The third-order valence-corrected chi connectivity index (χ3v) is 4.13. The van der Waals surface area contributed by atoms with E-state index in [-0.39, 0.29) is 17.9 Å². The Morgan fingerprint density at radius 2 is 2.00 bits per heavy atom. The zero-order valence-corrected chi connectivity index (χ0v) is 12.4. The zero-order valence-electron chi connectivity index (χ0n) is 12.4. The van der Waals surface area contributed by atoms with Gasteiger partial charge in [-0.2, -0.15) is 0 Å². The number of rotatable bonds is 0. The summed E-state index contributed by atoms with van der Waals surface area (Å²) in [6, 6.07) is 0. The Morgan fingerprint density at radius 1 is 1.37 bits per heavy atom. The van der Waals surface area contributed by atoms with Crippen LogP contribution in [0.2, 0.25) is 0 Å². The third kappa shape index (κ3) is 2.69. The zero-order chi connectivity index (χ0) is 14.4. The number of nitrogens with zero attached hydrogens (tertiary/aromatic N) is 1. The van der Waals surface area contributed by atoms with E-state index in [0.29, 0.717) is 25.6 Å². The molecular weight excluding hydrogens is 244 g/mol. The summed E-state index contributed by atoms with van der Waals surface area (Å²) in [4.78, 5) is 25.8. The quantitative estimate of drug-likeness (QED) is 0.726. The predicted octanol–water partition coefficient (Wildman–Crippen LogP) is 1.63.